The first-order chi connectivity index (χ1) is 10.7. The van der Waals surface area contributed by atoms with Crippen LogP contribution in [0, 0.1) is 0 Å². The van der Waals surface area contributed by atoms with Crippen LogP contribution in [0.15, 0.2) is 36.9 Å². The van der Waals surface area contributed by atoms with Gasteiger partial charge in [0.2, 0.25) is 0 Å². The van der Waals surface area contributed by atoms with Gasteiger partial charge in [-0.3, -0.25) is 4.79 Å². The minimum absolute atomic E-state index is 0.0414. The van der Waals surface area contributed by atoms with Gasteiger partial charge in [-0.05, 0) is 37.1 Å². The molecule has 0 saturated carbocycles. The van der Waals surface area contributed by atoms with Gasteiger partial charge in [-0.2, -0.15) is 13.2 Å². The van der Waals surface area contributed by atoms with Crippen molar-refractivity contribution in [2.75, 3.05) is 6.61 Å². The number of nitrogens with one attached hydrogen (secondary N) is 1. The van der Waals surface area contributed by atoms with Gasteiger partial charge in [0.1, 0.15) is 11.8 Å². The van der Waals surface area contributed by atoms with Crippen LogP contribution in [0.25, 0.3) is 0 Å². The number of rotatable bonds is 8. The highest BCUT2D eigenvalue weighted by atomic mass is 19.4. The zero-order chi connectivity index (χ0) is 17.5. The molecule has 2 N–H and O–H groups in total. The molecule has 0 radical (unpaired) electrons. The lowest BCUT2D eigenvalue weighted by atomic mass is 10.1. The molecule has 126 valence electrons. The van der Waals surface area contributed by atoms with E-state index in [0.717, 1.165) is 0 Å². The summed E-state index contributed by atoms with van der Waals surface area (Å²) in [6.45, 7) is 2.04. The predicted octanol–water partition coefficient (Wildman–Crippen LogP) is 2.78. The molecular weight excluding hydrogens is 315 g/mol. The van der Waals surface area contributed by atoms with Gasteiger partial charge in [-0.25, -0.2) is 4.79 Å². The van der Waals surface area contributed by atoms with Crippen molar-refractivity contribution in [2.24, 2.45) is 0 Å². The smallest absolute Gasteiger partial charge is 0.422 e. The Morgan fingerprint density at radius 3 is 2.39 bits per heavy atom. The highest BCUT2D eigenvalue weighted by Crippen LogP contribution is 2.19. The molecule has 23 heavy (non-hydrogen) atoms. The van der Waals surface area contributed by atoms with Gasteiger partial charge >= 0.3 is 12.1 Å². The van der Waals surface area contributed by atoms with E-state index in [-0.39, 0.29) is 17.7 Å². The zero-order valence-electron chi connectivity index (χ0n) is 12.1. The van der Waals surface area contributed by atoms with Gasteiger partial charge in [0.05, 0.1) is 0 Å². The monoisotopic (exact) mass is 331 g/mol. The third kappa shape index (κ3) is 6.86. The van der Waals surface area contributed by atoms with Crippen LogP contribution in [0.3, 0.4) is 0 Å². The Morgan fingerprint density at radius 2 is 1.91 bits per heavy atom. The number of hydrogen-bond acceptors (Lipinski definition) is 3. The van der Waals surface area contributed by atoms with Crippen molar-refractivity contribution in [3.63, 3.8) is 0 Å². The van der Waals surface area contributed by atoms with E-state index in [1.54, 1.807) is 0 Å². The summed E-state index contributed by atoms with van der Waals surface area (Å²) in [5, 5.41) is 11.3. The maximum absolute atomic E-state index is 12.0. The number of alkyl halides is 3. The van der Waals surface area contributed by atoms with Crippen molar-refractivity contribution in [2.45, 2.75) is 25.1 Å². The fourth-order valence-corrected chi connectivity index (χ4v) is 1.65. The molecule has 0 spiro atoms. The van der Waals surface area contributed by atoms with Crippen molar-refractivity contribution in [3.05, 3.63) is 42.5 Å². The number of carbonyl (C=O) groups is 2. The first-order valence-corrected chi connectivity index (χ1v) is 6.67. The predicted molar refractivity (Wildman–Crippen MR) is 76.3 cm³/mol. The molecule has 1 rings (SSSR count). The number of allylic oxidation sites excluding steroid dienone is 1. The van der Waals surface area contributed by atoms with Gasteiger partial charge in [-0.15, -0.1) is 6.58 Å². The van der Waals surface area contributed by atoms with Crippen LogP contribution >= 0.6 is 0 Å². The maximum atomic E-state index is 12.0. The Kier molecular flexibility index (Phi) is 6.62. The Hall–Kier alpha value is -2.51. The van der Waals surface area contributed by atoms with E-state index in [9.17, 15) is 22.8 Å². The summed E-state index contributed by atoms with van der Waals surface area (Å²) in [6.07, 6.45) is -2.30. The van der Waals surface area contributed by atoms with Gasteiger partial charge < -0.3 is 15.2 Å². The van der Waals surface area contributed by atoms with Crippen molar-refractivity contribution in [1.29, 1.82) is 0 Å². The minimum atomic E-state index is -4.45. The maximum Gasteiger partial charge on any atom is 0.422 e. The quantitative estimate of drug-likeness (QED) is 0.718. The number of carboxylic acids is 1. The fraction of sp³-hybridized carbons (Fsp3) is 0.333. The zero-order valence-corrected chi connectivity index (χ0v) is 12.1. The van der Waals surface area contributed by atoms with E-state index in [4.69, 9.17) is 5.11 Å². The molecule has 1 aromatic rings. The molecule has 1 amide bonds. The standard InChI is InChI=1S/C15H16F3NO4/c1-2-3-4-12(14(21)22)19-13(20)10-5-7-11(8-6-10)23-9-15(16,17)18/h2,5-8,12H,1,3-4,9H2,(H,19,20)(H,21,22). The average Bonchev–Trinajstić information content (AvgIpc) is 2.48. The normalized spacial score (nSPS) is 12.3. The number of halogens is 3. The third-order valence-corrected chi connectivity index (χ3v) is 2.78. The SMILES string of the molecule is C=CCCC(NC(=O)c1ccc(OCC(F)(F)F)cc1)C(=O)O. The third-order valence-electron chi connectivity index (χ3n) is 2.78. The molecular formula is C15H16F3NO4. The van der Waals surface area contributed by atoms with Crippen LogP contribution < -0.4 is 10.1 Å². The molecule has 0 aliphatic carbocycles. The second-order valence-electron chi connectivity index (χ2n) is 4.66. The summed E-state index contributed by atoms with van der Waals surface area (Å²) in [7, 11) is 0. The topological polar surface area (TPSA) is 75.6 Å². The molecule has 0 saturated heterocycles. The second-order valence-corrected chi connectivity index (χ2v) is 4.66. The van der Waals surface area contributed by atoms with Crippen LogP contribution in [-0.2, 0) is 4.79 Å². The van der Waals surface area contributed by atoms with E-state index in [1.165, 1.54) is 30.3 Å². The lowest BCUT2D eigenvalue weighted by Crippen LogP contribution is -2.40. The molecule has 5 nitrogen and oxygen atoms in total. The van der Waals surface area contributed by atoms with Crippen molar-refractivity contribution in [1.82, 2.24) is 5.32 Å². The van der Waals surface area contributed by atoms with Crippen LogP contribution in [-0.4, -0.2) is 35.8 Å². The lowest BCUT2D eigenvalue weighted by molar-refractivity contribution is -0.153. The van der Waals surface area contributed by atoms with Crippen LogP contribution in [0.1, 0.15) is 23.2 Å². The Morgan fingerprint density at radius 1 is 1.30 bits per heavy atom. The summed E-state index contributed by atoms with van der Waals surface area (Å²) in [5.74, 6) is -1.85. The summed E-state index contributed by atoms with van der Waals surface area (Å²) in [6, 6.07) is 3.86. The molecule has 0 bridgehead atoms. The van der Waals surface area contributed by atoms with Crippen molar-refractivity contribution >= 4 is 11.9 Å². The summed E-state index contributed by atoms with van der Waals surface area (Å²) < 4.78 is 40.6. The number of aliphatic carboxylic acids is 1. The van der Waals surface area contributed by atoms with Crippen LogP contribution in [0.2, 0.25) is 0 Å². The molecule has 0 aromatic heterocycles. The van der Waals surface area contributed by atoms with E-state index >= 15 is 0 Å². The van der Waals surface area contributed by atoms with E-state index in [2.05, 4.69) is 16.6 Å². The highest BCUT2D eigenvalue weighted by molar-refractivity contribution is 5.96. The fourth-order valence-electron chi connectivity index (χ4n) is 1.65. The molecule has 0 fully saturated rings. The molecule has 8 heteroatoms. The number of ether oxygens (including phenoxy) is 1. The van der Waals surface area contributed by atoms with E-state index < -0.39 is 30.7 Å². The first-order valence-electron chi connectivity index (χ1n) is 6.67. The molecule has 1 aromatic carbocycles. The molecule has 0 aliphatic heterocycles. The minimum Gasteiger partial charge on any atom is -0.484 e. The number of carbonyl (C=O) groups excluding carboxylic acids is 1. The van der Waals surface area contributed by atoms with E-state index in [0.29, 0.717) is 6.42 Å². The molecule has 1 unspecified atom stereocenters. The molecule has 0 heterocycles. The Balaban J connectivity index is 2.65. The van der Waals surface area contributed by atoms with Gasteiger partial charge in [0.25, 0.3) is 5.91 Å². The Labute approximate surface area is 130 Å². The second kappa shape index (κ2) is 8.21. The number of hydrogen-bond donors (Lipinski definition) is 2. The molecule has 0 aliphatic rings. The largest absolute Gasteiger partial charge is 0.484 e. The van der Waals surface area contributed by atoms with Crippen LogP contribution in [0.5, 0.6) is 5.75 Å². The van der Waals surface area contributed by atoms with Crippen LogP contribution in [0.4, 0.5) is 13.2 Å². The number of benzene rings is 1. The highest BCUT2D eigenvalue weighted by Gasteiger charge is 2.28. The summed E-state index contributed by atoms with van der Waals surface area (Å²) in [5.41, 5.74) is 0.120. The average molecular weight is 331 g/mol. The number of amides is 1. The number of carboxylic acid groups (broad SMARTS) is 1. The first kappa shape index (κ1) is 18.5. The molecule has 1 atom stereocenters. The van der Waals surface area contributed by atoms with Gasteiger partial charge in [0, 0.05) is 5.56 Å². The Bertz CT molecular complexity index is 555. The van der Waals surface area contributed by atoms with Crippen molar-refractivity contribution in [3.8, 4) is 5.75 Å². The summed E-state index contributed by atoms with van der Waals surface area (Å²) in [4.78, 5) is 23.0. The van der Waals surface area contributed by atoms with E-state index in [1.807, 2.05) is 0 Å². The summed E-state index contributed by atoms with van der Waals surface area (Å²) >= 11 is 0. The van der Waals surface area contributed by atoms with Gasteiger partial charge in [0.15, 0.2) is 6.61 Å². The van der Waals surface area contributed by atoms with Crippen molar-refractivity contribution < 1.29 is 32.6 Å². The lowest BCUT2D eigenvalue weighted by Gasteiger charge is -2.14. The van der Waals surface area contributed by atoms with Gasteiger partial charge in [-0.1, -0.05) is 6.08 Å².